The second-order valence-corrected chi connectivity index (χ2v) is 5.79. The number of aryl methyl sites for hydroxylation is 1. The van der Waals surface area contributed by atoms with E-state index < -0.39 is 0 Å². The van der Waals surface area contributed by atoms with Crippen molar-refractivity contribution in [3.63, 3.8) is 0 Å². The number of rotatable bonds is 3. The molecule has 1 aliphatic rings. The van der Waals surface area contributed by atoms with Crippen molar-refractivity contribution >= 4 is 5.69 Å². The predicted molar refractivity (Wildman–Crippen MR) is 80.8 cm³/mol. The Balaban J connectivity index is 2.26. The molecule has 0 aliphatic carbocycles. The lowest BCUT2D eigenvalue weighted by molar-refractivity contribution is 0.0821. The Morgan fingerprint density at radius 2 is 2.26 bits per heavy atom. The first-order chi connectivity index (χ1) is 9.06. The fourth-order valence-electron chi connectivity index (χ4n) is 2.75. The number of hydrogen-bond donors (Lipinski definition) is 1. The van der Waals surface area contributed by atoms with Crippen LogP contribution < -0.4 is 10.6 Å². The van der Waals surface area contributed by atoms with Gasteiger partial charge in [0.15, 0.2) is 0 Å². The third kappa shape index (κ3) is 3.95. The summed E-state index contributed by atoms with van der Waals surface area (Å²) >= 11 is 0. The first-order valence-corrected chi connectivity index (χ1v) is 7.28. The van der Waals surface area contributed by atoms with Gasteiger partial charge >= 0.3 is 0 Å². The summed E-state index contributed by atoms with van der Waals surface area (Å²) in [5.41, 5.74) is 9.99. The molecule has 2 atom stereocenters. The molecular formula is C16H26N2O. The van der Waals surface area contributed by atoms with Gasteiger partial charge in [-0.3, -0.25) is 0 Å². The Kier molecular flexibility index (Phi) is 4.83. The molecule has 1 fully saturated rings. The molecule has 1 aliphatic heterocycles. The average Bonchev–Trinajstić information content (AvgIpc) is 2.53. The summed E-state index contributed by atoms with van der Waals surface area (Å²) in [6.07, 6.45) is 2.32. The van der Waals surface area contributed by atoms with Gasteiger partial charge < -0.3 is 15.4 Å². The van der Waals surface area contributed by atoms with Gasteiger partial charge in [-0.2, -0.15) is 0 Å². The highest BCUT2D eigenvalue weighted by molar-refractivity contribution is 5.55. The molecule has 0 saturated carbocycles. The van der Waals surface area contributed by atoms with Gasteiger partial charge in [0.25, 0.3) is 0 Å². The van der Waals surface area contributed by atoms with Crippen molar-refractivity contribution in [1.82, 2.24) is 0 Å². The van der Waals surface area contributed by atoms with Gasteiger partial charge in [0, 0.05) is 31.4 Å². The number of ether oxygens (including phenoxy) is 1. The normalized spacial score (nSPS) is 22.1. The third-order valence-electron chi connectivity index (χ3n) is 3.57. The molecular weight excluding hydrogens is 236 g/mol. The van der Waals surface area contributed by atoms with Crippen molar-refractivity contribution < 1.29 is 4.74 Å². The van der Waals surface area contributed by atoms with Gasteiger partial charge in [0.1, 0.15) is 0 Å². The van der Waals surface area contributed by atoms with E-state index in [0.717, 1.165) is 32.5 Å². The summed E-state index contributed by atoms with van der Waals surface area (Å²) in [4.78, 5) is 2.45. The maximum Gasteiger partial charge on any atom is 0.0721 e. The summed E-state index contributed by atoms with van der Waals surface area (Å²) in [6, 6.07) is 6.90. The van der Waals surface area contributed by atoms with Crippen molar-refractivity contribution in [2.75, 3.05) is 24.6 Å². The first kappa shape index (κ1) is 14.4. The Morgan fingerprint density at radius 1 is 1.47 bits per heavy atom. The first-order valence-electron chi connectivity index (χ1n) is 7.28. The summed E-state index contributed by atoms with van der Waals surface area (Å²) in [5.74, 6) is 0. The maximum atomic E-state index is 5.99. The zero-order valence-electron chi connectivity index (χ0n) is 12.4. The second-order valence-electron chi connectivity index (χ2n) is 5.79. The number of nitrogens with zero attached hydrogens (tertiary/aromatic N) is 1. The van der Waals surface area contributed by atoms with Crippen molar-refractivity contribution in [3.05, 3.63) is 29.3 Å². The molecule has 0 radical (unpaired) electrons. The van der Waals surface area contributed by atoms with E-state index in [-0.39, 0.29) is 6.04 Å². The lowest BCUT2D eigenvalue weighted by Gasteiger charge is -2.27. The molecule has 1 aromatic rings. The van der Waals surface area contributed by atoms with E-state index in [1.54, 1.807) is 0 Å². The van der Waals surface area contributed by atoms with Gasteiger partial charge in [0.2, 0.25) is 0 Å². The van der Waals surface area contributed by atoms with E-state index in [1.165, 1.54) is 16.8 Å². The molecule has 1 heterocycles. The zero-order valence-corrected chi connectivity index (χ0v) is 12.4. The SMILES string of the molecule is Cc1ccc(N2CCCOC(C)C2)c(CC(C)N)c1. The molecule has 3 nitrogen and oxygen atoms in total. The topological polar surface area (TPSA) is 38.5 Å². The maximum absolute atomic E-state index is 5.99. The lowest BCUT2D eigenvalue weighted by atomic mass is 10.0. The smallest absolute Gasteiger partial charge is 0.0721 e. The molecule has 2 rings (SSSR count). The highest BCUT2D eigenvalue weighted by atomic mass is 16.5. The summed E-state index contributed by atoms with van der Waals surface area (Å²) in [7, 11) is 0. The van der Waals surface area contributed by atoms with E-state index >= 15 is 0 Å². The average molecular weight is 262 g/mol. The van der Waals surface area contributed by atoms with Crippen LogP contribution in [-0.2, 0) is 11.2 Å². The quantitative estimate of drug-likeness (QED) is 0.909. The Hall–Kier alpha value is -1.06. The van der Waals surface area contributed by atoms with Crippen molar-refractivity contribution in [3.8, 4) is 0 Å². The lowest BCUT2D eigenvalue weighted by Crippen LogP contribution is -2.31. The molecule has 0 amide bonds. The van der Waals surface area contributed by atoms with E-state index in [1.807, 2.05) is 0 Å². The number of nitrogens with two attached hydrogens (primary N) is 1. The number of benzene rings is 1. The van der Waals surface area contributed by atoms with Gasteiger partial charge in [-0.15, -0.1) is 0 Å². The molecule has 19 heavy (non-hydrogen) atoms. The van der Waals surface area contributed by atoms with E-state index in [9.17, 15) is 0 Å². The summed E-state index contributed by atoms with van der Waals surface area (Å²) < 4.78 is 5.73. The third-order valence-corrected chi connectivity index (χ3v) is 3.57. The minimum atomic E-state index is 0.196. The molecule has 1 aromatic carbocycles. The molecule has 0 spiro atoms. The van der Waals surface area contributed by atoms with Crippen molar-refractivity contribution in [1.29, 1.82) is 0 Å². The molecule has 2 N–H and O–H groups in total. The minimum Gasteiger partial charge on any atom is -0.377 e. The standard InChI is InChI=1S/C16H26N2O/c1-12-5-6-16(15(9-12)10-13(2)17)18-7-4-8-19-14(3)11-18/h5-6,9,13-14H,4,7-8,10-11,17H2,1-3H3. The predicted octanol–water partition coefficient (Wildman–Crippen LogP) is 2.50. The molecule has 2 unspecified atom stereocenters. The summed E-state index contributed by atoms with van der Waals surface area (Å²) in [5, 5.41) is 0. The number of anilines is 1. The van der Waals surface area contributed by atoms with Crippen LogP contribution in [0.25, 0.3) is 0 Å². The van der Waals surface area contributed by atoms with Gasteiger partial charge in [0.05, 0.1) is 6.10 Å². The summed E-state index contributed by atoms with van der Waals surface area (Å²) in [6.45, 7) is 9.27. The van der Waals surface area contributed by atoms with Crippen LogP contribution in [0, 0.1) is 6.92 Å². The van der Waals surface area contributed by atoms with E-state index in [0.29, 0.717) is 6.10 Å². The van der Waals surface area contributed by atoms with E-state index in [4.69, 9.17) is 10.5 Å². The fraction of sp³-hybridized carbons (Fsp3) is 0.625. The van der Waals surface area contributed by atoms with Crippen LogP contribution in [0.1, 0.15) is 31.4 Å². The molecule has 0 bridgehead atoms. The van der Waals surface area contributed by atoms with Crippen molar-refractivity contribution in [2.24, 2.45) is 5.73 Å². The molecule has 1 saturated heterocycles. The fourth-order valence-corrected chi connectivity index (χ4v) is 2.75. The minimum absolute atomic E-state index is 0.196. The van der Waals surface area contributed by atoms with Gasteiger partial charge in [-0.25, -0.2) is 0 Å². The van der Waals surface area contributed by atoms with Crippen LogP contribution in [0.15, 0.2) is 18.2 Å². The van der Waals surface area contributed by atoms with Crippen LogP contribution in [0.3, 0.4) is 0 Å². The second kappa shape index (κ2) is 6.40. The highest BCUT2D eigenvalue weighted by Crippen LogP contribution is 2.25. The van der Waals surface area contributed by atoms with Crippen LogP contribution in [-0.4, -0.2) is 31.8 Å². The van der Waals surface area contributed by atoms with Crippen LogP contribution in [0.5, 0.6) is 0 Å². The molecule has 3 heteroatoms. The van der Waals surface area contributed by atoms with E-state index in [2.05, 4.69) is 43.9 Å². The van der Waals surface area contributed by atoms with Crippen LogP contribution in [0.2, 0.25) is 0 Å². The van der Waals surface area contributed by atoms with Crippen LogP contribution in [0.4, 0.5) is 5.69 Å². The van der Waals surface area contributed by atoms with Crippen molar-refractivity contribution in [2.45, 2.75) is 45.8 Å². The number of hydrogen-bond acceptors (Lipinski definition) is 3. The van der Waals surface area contributed by atoms with Crippen LogP contribution >= 0.6 is 0 Å². The monoisotopic (exact) mass is 262 g/mol. The Morgan fingerprint density at radius 3 is 3.00 bits per heavy atom. The highest BCUT2D eigenvalue weighted by Gasteiger charge is 2.18. The molecule has 0 aromatic heterocycles. The largest absolute Gasteiger partial charge is 0.377 e. The van der Waals surface area contributed by atoms with Gasteiger partial charge in [-0.1, -0.05) is 17.7 Å². The molecule has 106 valence electrons. The Bertz CT molecular complexity index is 417. The Labute approximate surface area is 116 Å². The zero-order chi connectivity index (χ0) is 13.8. The van der Waals surface area contributed by atoms with Gasteiger partial charge in [-0.05, 0) is 45.2 Å².